The predicted octanol–water partition coefficient (Wildman–Crippen LogP) is 2.25. The highest BCUT2D eigenvalue weighted by Gasteiger charge is 2.17. The molecular weight excluding hydrogens is 233 g/mol. The summed E-state index contributed by atoms with van der Waals surface area (Å²) in [5, 5.41) is 0. The maximum absolute atomic E-state index is 13.3. The van der Waals surface area contributed by atoms with Crippen LogP contribution in [0, 0.1) is 12.7 Å². The SMILES string of the molecule is Cc1c(N)c(=O)n(-c2cccc(F)c2)n1C(C)C. The lowest BCUT2D eigenvalue weighted by Crippen LogP contribution is -2.23. The van der Waals surface area contributed by atoms with Gasteiger partial charge in [-0.05, 0) is 39.0 Å². The minimum atomic E-state index is -0.382. The first-order valence-corrected chi connectivity index (χ1v) is 5.79. The fourth-order valence-electron chi connectivity index (χ4n) is 2.11. The van der Waals surface area contributed by atoms with Gasteiger partial charge >= 0.3 is 0 Å². The van der Waals surface area contributed by atoms with Gasteiger partial charge in [0, 0.05) is 6.04 Å². The van der Waals surface area contributed by atoms with Crippen LogP contribution in [0.1, 0.15) is 25.6 Å². The van der Waals surface area contributed by atoms with Crippen LogP contribution >= 0.6 is 0 Å². The number of halogens is 1. The van der Waals surface area contributed by atoms with Crippen molar-refractivity contribution < 1.29 is 4.39 Å². The van der Waals surface area contributed by atoms with Crippen LogP contribution in [0.2, 0.25) is 0 Å². The van der Waals surface area contributed by atoms with Crippen LogP contribution < -0.4 is 11.3 Å². The molecule has 0 saturated carbocycles. The maximum Gasteiger partial charge on any atom is 0.294 e. The van der Waals surface area contributed by atoms with Crippen LogP contribution in [-0.4, -0.2) is 9.36 Å². The summed E-state index contributed by atoms with van der Waals surface area (Å²) < 4.78 is 16.5. The predicted molar refractivity (Wildman–Crippen MR) is 69.5 cm³/mol. The van der Waals surface area contributed by atoms with Crippen molar-refractivity contribution in [3.05, 3.63) is 46.1 Å². The van der Waals surface area contributed by atoms with Gasteiger partial charge in [-0.15, -0.1) is 0 Å². The normalized spacial score (nSPS) is 11.2. The largest absolute Gasteiger partial charge is 0.393 e. The highest BCUT2D eigenvalue weighted by Crippen LogP contribution is 2.18. The lowest BCUT2D eigenvalue weighted by Gasteiger charge is -2.16. The number of rotatable bonds is 2. The third kappa shape index (κ3) is 1.81. The molecule has 0 atom stereocenters. The third-order valence-corrected chi connectivity index (χ3v) is 2.91. The van der Waals surface area contributed by atoms with E-state index >= 15 is 0 Å². The molecule has 0 spiro atoms. The molecule has 96 valence electrons. The summed E-state index contributed by atoms with van der Waals surface area (Å²) in [6, 6.07) is 5.97. The van der Waals surface area contributed by atoms with Gasteiger partial charge in [0.2, 0.25) is 0 Å². The molecule has 0 saturated heterocycles. The van der Waals surface area contributed by atoms with Crippen molar-refractivity contribution in [1.82, 2.24) is 9.36 Å². The first-order valence-electron chi connectivity index (χ1n) is 5.79. The molecule has 2 aromatic rings. The van der Waals surface area contributed by atoms with Gasteiger partial charge in [-0.3, -0.25) is 9.48 Å². The number of aromatic nitrogens is 2. The van der Waals surface area contributed by atoms with E-state index in [1.54, 1.807) is 23.7 Å². The fourth-order valence-corrected chi connectivity index (χ4v) is 2.11. The van der Waals surface area contributed by atoms with Gasteiger partial charge in [0.05, 0.1) is 11.4 Å². The lowest BCUT2D eigenvalue weighted by atomic mass is 10.3. The van der Waals surface area contributed by atoms with E-state index in [4.69, 9.17) is 5.73 Å². The molecule has 1 aromatic carbocycles. The first kappa shape index (κ1) is 12.4. The Bertz CT molecular complexity index is 640. The summed E-state index contributed by atoms with van der Waals surface area (Å²) in [7, 11) is 0. The molecule has 5 heteroatoms. The summed E-state index contributed by atoms with van der Waals surface area (Å²) in [5.74, 6) is -0.382. The van der Waals surface area contributed by atoms with Gasteiger partial charge in [0.1, 0.15) is 11.5 Å². The van der Waals surface area contributed by atoms with Crippen LogP contribution in [0.15, 0.2) is 29.1 Å². The van der Waals surface area contributed by atoms with Crippen LogP contribution in [0.25, 0.3) is 5.69 Å². The zero-order chi connectivity index (χ0) is 13.4. The number of nitrogens with zero attached hydrogens (tertiary/aromatic N) is 2. The van der Waals surface area contributed by atoms with E-state index in [1.807, 2.05) is 13.8 Å². The van der Waals surface area contributed by atoms with Gasteiger partial charge in [-0.2, -0.15) is 0 Å². The van der Waals surface area contributed by atoms with Crippen molar-refractivity contribution in [2.45, 2.75) is 26.8 Å². The Morgan fingerprint density at radius 3 is 2.56 bits per heavy atom. The minimum absolute atomic E-state index is 0.0540. The molecular formula is C13H16FN3O. The summed E-state index contributed by atoms with van der Waals surface area (Å²) >= 11 is 0. The van der Waals surface area contributed by atoms with Crippen LogP contribution in [-0.2, 0) is 0 Å². The zero-order valence-electron chi connectivity index (χ0n) is 10.6. The van der Waals surface area contributed by atoms with Crippen molar-refractivity contribution >= 4 is 5.69 Å². The van der Waals surface area contributed by atoms with Gasteiger partial charge in [-0.25, -0.2) is 9.07 Å². The van der Waals surface area contributed by atoms with E-state index in [1.165, 1.54) is 16.8 Å². The van der Waals surface area contributed by atoms with Crippen molar-refractivity contribution in [1.29, 1.82) is 0 Å². The van der Waals surface area contributed by atoms with Gasteiger partial charge in [-0.1, -0.05) is 6.07 Å². The van der Waals surface area contributed by atoms with E-state index in [0.29, 0.717) is 11.4 Å². The molecule has 2 N–H and O–H groups in total. The van der Waals surface area contributed by atoms with Crippen LogP contribution in [0.3, 0.4) is 0 Å². The number of hydrogen-bond donors (Lipinski definition) is 1. The second kappa shape index (κ2) is 4.33. The topological polar surface area (TPSA) is 53.0 Å². The molecule has 0 bridgehead atoms. The Morgan fingerprint density at radius 1 is 1.33 bits per heavy atom. The van der Waals surface area contributed by atoms with Crippen molar-refractivity contribution in [2.24, 2.45) is 0 Å². The van der Waals surface area contributed by atoms with Crippen molar-refractivity contribution in [3.63, 3.8) is 0 Å². The number of anilines is 1. The van der Waals surface area contributed by atoms with E-state index < -0.39 is 0 Å². The van der Waals surface area contributed by atoms with Crippen molar-refractivity contribution in [2.75, 3.05) is 5.73 Å². The Labute approximate surface area is 104 Å². The second-order valence-electron chi connectivity index (χ2n) is 4.53. The minimum Gasteiger partial charge on any atom is -0.393 e. The quantitative estimate of drug-likeness (QED) is 0.887. The molecule has 1 aromatic heterocycles. The molecule has 18 heavy (non-hydrogen) atoms. The number of benzene rings is 1. The molecule has 0 aliphatic carbocycles. The monoisotopic (exact) mass is 249 g/mol. The summed E-state index contributed by atoms with van der Waals surface area (Å²) in [6.45, 7) is 5.68. The first-order chi connectivity index (χ1) is 8.43. The number of hydrogen-bond acceptors (Lipinski definition) is 2. The van der Waals surface area contributed by atoms with Gasteiger partial charge in [0.25, 0.3) is 5.56 Å². The average molecular weight is 249 g/mol. The molecule has 0 aliphatic heterocycles. The van der Waals surface area contributed by atoms with E-state index in [2.05, 4.69) is 0 Å². The lowest BCUT2D eigenvalue weighted by molar-refractivity contribution is 0.465. The van der Waals surface area contributed by atoms with Crippen molar-refractivity contribution in [3.8, 4) is 5.69 Å². The maximum atomic E-state index is 13.3. The smallest absolute Gasteiger partial charge is 0.294 e. The van der Waals surface area contributed by atoms with Gasteiger partial charge < -0.3 is 5.73 Å². The molecule has 0 unspecified atom stereocenters. The molecule has 1 heterocycles. The second-order valence-corrected chi connectivity index (χ2v) is 4.53. The molecule has 2 rings (SSSR count). The summed E-state index contributed by atoms with van der Waals surface area (Å²) in [6.07, 6.45) is 0. The highest BCUT2D eigenvalue weighted by molar-refractivity contribution is 5.45. The Hall–Kier alpha value is -2.04. The van der Waals surface area contributed by atoms with E-state index in [-0.39, 0.29) is 23.1 Å². The molecule has 0 radical (unpaired) electrons. The van der Waals surface area contributed by atoms with Crippen LogP contribution in [0.4, 0.5) is 10.1 Å². The Morgan fingerprint density at radius 2 is 2.00 bits per heavy atom. The highest BCUT2D eigenvalue weighted by atomic mass is 19.1. The Kier molecular flexibility index (Phi) is 2.98. The van der Waals surface area contributed by atoms with E-state index in [0.717, 1.165) is 0 Å². The zero-order valence-corrected chi connectivity index (χ0v) is 10.6. The summed E-state index contributed by atoms with van der Waals surface area (Å²) in [5.41, 5.74) is 6.83. The molecule has 0 amide bonds. The molecule has 0 aliphatic rings. The number of nitrogen functional groups attached to an aromatic ring is 1. The van der Waals surface area contributed by atoms with Crippen LogP contribution in [0.5, 0.6) is 0 Å². The van der Waals surface area contributed by atoms with E-state index in [9.17, 15) is 9.18 Å². The standard InChI is InChI=1S/C13H16FN3O/c1-8(2)16-9(3)12(15)13(18)17(16)11-6-4-5-10(14)7-11/h4-8H,15H2,1-3H3. The number of nitrogens with two attached hydrogens (primary N) is 1. The molecule has 4 nitrogen and oxygen atoms in total. The summed E-state index contributed by atoms with van der Waals surface area (Å²) in [4.78, 5) is 12.1. The average Bonchev–Trinajstić information content (AvgIpc) is 2.53. The Balaban J connectivity index is 2.79. The third-order valence-electron chi connectivity index (χ3n) is 2.91. The van der Waals surface area contributed by atoms with Gasteiger partial charge in [0.15, 0.2) is 0 Å². The molecule has 0 fully saturated rings. The fraction of sp³-hybridized carbons (Fsp3) is 0.308.